The van der Waals surface area contributed by atoms with Crippen molar-refractivity contribution in [3.05, 3.63) is 48.0 Å². The Balaban J connectivity index is 1.55. The van der Waals surface area contributed by atoms with E-state index in [1.165, 1.54) is 6.08 Å². The highest BCUT2D eigenvalue weighted by Crippen LogP contribution is 2.21. The summed E-state index contributed by atoms with van der Waals surface area (Å²) in [6, 6.07) is 5.21. The van der Waals surface area contributed by atoms with E-state index in [0.29, 0.717) is 34.1 Å². The lowest BCUT2D eigenvalue weighted by Crippen LogP contribution is -2.37. The van der Waals surface area contributed by atoms with Crippen LogP contribution in [-0.2, 0) is 14.8 Å². The highest BCUT2D eigenvalue weighted by molar-refractivity contribution is 7.90. The highest BCUT2D eigenvalue weighted by Gasteiger charge is 2.25. The Morgan fingerprint density at radius 1 is 1.32 bits per heavy atom. The molecule has 1 amide bonds. The zero-order chi connectivity index (χ0) is 17.6. The number of carbonyl (C=O) groups excluding carboxylic acids is 1. The zero-order valence-corrected chi connectivity index (χ0v) is 14.1. The van der Waals surface area contributed by atoms with Gasteiger partial charge in [0.1, 0.15) is 11.4 Å². The Kier molecular flexibility index (Phi) is 3.46. The Hall–Kier alpha value is -2.94. The summed E-state index contributed by atoms with van der Waals surface area (Å²) in [6.45, 7) is 2.03. The molecule has 1 aromatic heterocycles. The molecule has 2 aromatic rings. The van der Waals surface area contributed by atoms with Gasteiger partial charge in [-0.25, -0.2) is 13.4 Å². The molecule has 25 heavy (non-hydrogen) atoms. The third-order valence-corrected chi connectivity index (χ3v) is 5.00. The molecule has 0 bridgehead atoms. The molecule has 3 heterocycles. The van der Waals surface area contributed by atoms with Crippen LogP contribution in [0.25, 0.3) is 11.1 Å². The Labute approximate surface area is 143 Å². The van der Waals surface area contributed by atoms with Crippen molar-refractivity contribution in [3.8, 4) is 0 Å². The van der Waals surface area contributed by atoms with E-state index in [1.807, 2.05) is 0 Å². The number of rotatable bonds is 2. The number of nitrogens with zero attached hydrogens (tertiary/aromatic N) is 3. The first kappa shape index (κ1) is 15.6. The highest BCUT2D eigenvalue weighted by atomic mass is 32.2. The fourth-order valence-corrected chi connectivity index (χ4v) is 3.63. The van der Waals surface area contributed by atoms with Gasteiger partial charge in [-0.3, -0.25) is 4.79 Å². The molecule has 1 N–H and O–H groups in total. The van der Waals surface area contributed by atoms with Crippen molar-refractivity contribution in [2.75, 3.05) is 17.6 Å². The van der Waals surface area contributed by atoms with Crippen LogP contribution in [0.5, 0.6) is 0 Å². The lowest BCUT2D eigenvalue weighted by atomic mass is 10.1. The van der Waals surface area contributed by atoms with Crippen molar-refractivity contribution >= 4 is 38.6 Å². The quantitative estimate of drug-likeness (QED) is 0.874. The van der Waals surface area contributed by atoms with Gasteiger partial charge in [-0.2, -0.15) is 0 Å². The molecule has 0 saturated heterocycles. The Morgan fingerprint density at radius 3 is 3.00 bits per heavy atom. The van der Waals surface area contributed by atoms with Gasteiger partial charge in [0.05, 0.1) is 11.3 Å². The molecule has 0 atom stereocenters. The summed E-state index contributed by atoms with van der Waals surface area (Å²) in [5.74, 6) is 0.506. The fourth-order valence-electron chi connectivity index (χ4n) is 2.66. The van der Waals surface area contributed by atoms with Gasteiger partial charge in [0.2, 0.25) is 0 Å². The molecule has 1 aromatic carbocycles. The normalized spacial score (nSPS) is 18.5. The van der Waals surface area contributed by atoms with E-state index < -0.39 is 10.0 Å². The summed E-state index contributed by atoms with van der Waals surface area (Å²) in [5, 5.41) is 2.80. The van der Waals surface area contributed by atoms with Crippen LogP contribution < -0.4 is 5.32 Å². The number of sulfonamides is 1. The fraction of sp³-hybridized carbons (Fsp3) is 0.188. The van der Waals surface area contributed by atoms with Crippen LogP contribution in [0, 0.1) is 6.92 Å². The number of hydrogen-bond donors (Lipinski definition) is 1. The minimum atomic E-state index is -3.41. The van der Waals surface area contributed by atoms with Gasteiger partial charge < -0.3 is 14.6 Å². The van der Waals surface area contributed by atoms with E-state index in [-0.39, 0.29) is 18.2 Å². The molecule has 0 fully saturated rings. The molecule has 4 rings (SSSR count). The summed E-state index contributed by atoms with van der Waals surface area (Å²) in [5.41, 5.74) is 2.33. The average Bonchev–Trinajstić information content (AvgIpc) is 2.93. The van der Waals surface area contributed by atoms with Crippen LogP contribution in [-0.4, -0.2) is 42.3 Å². The van der Waals surface area contributed by atoms with E-state index in [2.05, 4.69) is 14.7 Å². The molecule has 128 valence electrons. The Bertz CT molecular complexity index is 1080. The maximum absolute atomic E-state index is 12.5. The standard InChI is InChI=1S/C16H14N4O4S/c1-10-17-13-8-12(3-4-14(13)24-10)18-16(21)11-2-5-15-19-25(22,23)7-6-20(15)9-11/h2-5,8-9H,6-7H2,1H3,(H,18,21). The lowest BCUT2D eigenvalue weighted by molar-refractivity contribution is -0.112. The molecule has 0 saturated carbocycles. The third-order valence-electron chi connectivity index (χ3n) is 3.84. The van der Waals surface area contributed by atoms with Crippen LogP contribution in [0.3, 0.4) is 0 Å². The predicted octanol–water partition coefficient (Wildman–Crippen LogP) is 1.57. The molecular weight excluding hydrogens is 344 g/mol. The molecule has 9 heteroatoms. The molecule has 8 nitrogen and oxygen atoms in total. The van der Waals surface area contributed by atoms with Gasteiger partial charge in [-0.05, 0) is 30.4 Å². The van der Waals surface area contributed by atoms with E-state index in [1.54, 1.807) is 42.3 Å². The van der Waals surface area contributed by atoms with Crippen LogP contribution >= 0.6 is 0 Å². The molecule has 0 radical (unpaired) electrons. The van der Waals surface area contributed by atoms with Crippen molar-refractivity contribution < 1.29 is 17.6 Å². The van der Waals surface area contributed by atoms with Gasteiger partial charge in [-0.1, -0.05) is 0 Å². The number of amidine groups is 1. The number of benzene rings is 1. The van der Waals surface area contributed by atoms with Gasteiger partial charge in [0, 0.05) is 25.4 Å². The van der Waals surface area contributed by atoms with Gasteiger partial charge >= 0.3 is 0 Å². The third kappa shape index (κ3) is 3.05. The first-order valence-electron chi connectivity index (χ1n) is 7.57. The number of aryl methyl sites for hydroxylation is 1. The number of fused-ring (bicyclic) bond motifs is 2. The zero-order valence-electron chi connectivity index (χ0n) is 13.3. The molecular formula is C16H14N4O4S. The number of aromatic nitrogens is 1. The second kappa shape index (κ2) is 5.55. The first-order valence-corrected chi connectivity index (χ1v) is 9.18. The first-order chi connectivity index (χ1) is 11.9. The van der Waals surface area contributed by atoms with Crippen molar-refractivity contribution in [1.29, 1.82) is 0 Å². The molecule has 2 aliphatic heterocycles. The summed E-state index contributed by atoms with van der Waals surface area (Å²) >= 11 is 0. The minimum absolute atomic E-state index is 0.0715. The molecule has 0 aliphatic carbocycles. The summed E-state index contributed by atoms with van der Waals surface area (Å²) in [6.07, 6.45) is 4.67. The second-order valence-electron chi connectivity index (χ2n) is 5.72. The van der Waals surface area contributed by atoms with E-state index >= 15 is 0 Å². The summed E-state index contributed by atoms with van der Waals surface area (Å²) in [7, 11) is -3.41. The van der Waals surface area contributed by atoms with Crippen molar-refractivity contribution in [2.24, 2.45) is 4.40 Å². The second-order valence-corrected chi connectivity index (χ2v) is 7.47. The van der Waals surface area contributed by atoms with Gasteiger partial charge in [0.15, 0.2) is 11.5 Å². The van der Waals surface area contributed by atoms with E-state index in [9.17, 15) is 13.2 Å². The summed E-state index contributed by atoms with van der Waals surface area (Å²) in [4.78, 5) is 18.3. The van der Waals surface area contributed by atoms with Crippen LogP contribution in [0.1, 0.15) is 5.89 Å². The SMILES string of the molecule is Cc1nc2cc(NC(=O)C3=CN4CCS(=O)(=O)N=C4C=C3)ccc2o1. The van der Waals surface area contributed by atoms with Crippen molar-refractivity contribution in [3.63, 3.8) is 0 Å². The Morgan fingerprint density at radius 2 is 2.16 bits per heavy atom. The van der Waals surface area contributed by atoms with Crippen LogP contribution in [0.4, 0.5) is 5.69 Å². The molecule has 0 unspecified atom stereocenters. The number of carbonyl (C=O) groups is 1. The smallest absolute Gasteiger partial charge is 0.257 e. The predicted molar refractivity (Wildman–Crippen MR) is 92.5 cm³/mol. The number of anilines is 1. The number of amides is 1. The van der Waals surface area contributed by atoms with Gasteiger partial charge in [0.25, 0.3) is 15.9 Å². The molecule has 2 aliphatic rings. The summed E-state index contributed by atoms with van der Waals surface area (Å²) < 4.78 is 32.1. The lowest BCUT2D eigenvalue weighted by Gasteiger charge is -2.26. The number of hydrogen-bond acceptors (Lipinski definition) is 6. The monoisotopic (exact) mass is 358 g/mol. The largest absolute Gasteiger partial charge is 0.441 e. The average molecular weight is 358 g/mol. The van der Waals surface area contributed by atoms with E-state index in [4.69, 9.17) is 4.42 Å². The topological polar surface area (TPSA) is 105 Å². The minimum Gasteiger partial charge on any atom is -0.441 e. The maximum atomic E-state index is 12.5. The van der Waals surface area contributed by atoms with Crippen molar-refractivity contribution in [1.82, 2.24) is 9.88 Å². The van der Waals surface area contributed by atoms with Crippen LogP contribution in [0.15, 0.2) is 50.9 Å². The number of nitrogens with one attached hydrogen (secondary N) is 1. The van der Waals surface area contributed by atoms with Crippen LogP contribution in [0.2, 0.25) is 0 Å². The number of oxazole rings is 1. The van der Waals surface area contributed by atoms with Crippen molar-refractivity contribution in [2.45, 2.75) is 6.92 Å². The van der Waals surface area contributed by atoms with E-state index in [0.717, 1.165) is 0 Å². The molecule has 0 spiro atoms. The van der Waals surface area contributed by atoms with Gasteiger partial charge in [-0.15, -0.1) is 4.40 Å². The maximum Gasteiger partial charge on any atom is 0.257 e.